The molecule has 0 bridgehead atoms. The molecule has 0 heterocycles. The first-order valence-electron chi connectivity index (χ1n) is 7.53. The number of rotatable bonds is 5. The summed E-state index contributed by atoms with van der Waals surface area (Å²) in [6.07, 6.45) is 0.787. The number of nitrogens with one attached hydrogen (secondary N) is 1. The molecule has 1 unspecified atom stereocenters. The summed E-state index contributed by atoms with van der Waals surface area (Å²) in [5.41, 5.74) is 4.24. The molecule has 0 saturated heterocycles. The van der Waals surface area contributed by atoms with Crippen molar-refractivity contribution in [1.29, 1.82) is 0 Å². The zero-order chi connectivity index (χ0) is 15.4. The van der Waals surface area contributed by atoms with Gasteiger partial charge in [-0.25, -0.2) is 4.39 Å². The Hall–Kier alpha value is -1.67. The van der Waals surface area contributed by atoms with Gasteiger partial charge in [0.05, 0.1) is 0 Å². The predicted octanol–water partition coefficient (Wildman–Crippen LogP) is 4.76. The van der Waals surface area contributed by atoms with Crippen molar-refractivity contribution < 1.29 is 4.39 Å². The maximum atomic E-state index is 14.1. The highest BCUT2D eigenvalue weighted by molar-refractivity contribution is 5.30. The number of benzene rings is 2. The predicted molar refractivity (Wildman–Crippen MR) is 87.2 cm³/mol. The number of hydrogen-bond donors (Lipinski definition) is 1. The van der Waals surface area contributed by atoms with E-state index in [1.807, 2.05) is 26.1 Å². The van der Waals surface area contributed by atoms with Crippen molar-refractivity contribution in [2.24, 2.45) is 0 Å². The lowest BCUT2D eigenvalue weighted by Crippen LogP contribution is -2.20. The minimum absolute atomic E-state index is 0.00417. The fourth-order valence-corrected chi connectivity index (χ4v) is 2.56. The lowest BCUT2D eigenvalue weighted by Gasteiger charge is -2.18. The average molecular weight is 285 g/mol. The van der Waals surface area contributed by atoms with Gasteiger partial charge >= 0.3 is 0 Å². The molecule has 2 rings (SSSR count). The van der Waals surface area contributed by atoms with Gasteiger partial charge in [-0.05, 0) is 49.1 Å². The summed E-state index contributed by atoms with van der Waals surface area (Å²) in [5, 5.41) is 3.22. The first kappa shape index (κ1) is 15.7. The van der Waals surface area contributed by atoms with Crippen LogP contribution in [0.3, 0.4) is 0 Å². The van der Waals surface area contributed by atoms with Gasteiger partial charge in [-0.2, -0.15) is 0 Å². The van der Waals surface area contributed by atoms with E-state index in [2.05, 4.69) is 43.4 Å². The van der Waals surface area contributed by atoms with Gasteiger partial charge in [-0.3, -0.25) is 0 Å². The molecule has 0 fully saturated rings. The summed E-state index contributed by atoms with van der Waals surface area (Å²) in [5.74, 6) is 0.404. The van der Waals surface area contributed by atoms with Crippen LogP contribution in [0.4, 0.5) is 4.39 Å². The van der Waals surface area contributed by atoms with Gasteiger partial charge in [0, 0.05) is 11.6 Å². The molecule has 112 valence electrons. The number of likely N-dealkylation sites (N-methyl/N-ethyl adjacent to an activating group) is 1. The van der Waals surface area contributed by atoms with Crippen molar-refractivity contribution in [3.63, 3.8) is 0 Å². The standard InChI is InChI=1S/C19H24FN/c1-13(2)16-8-6-15(7-9-16)12-19(21-4)17-10-5-14(3)11-18(17)20/h5-11,13,19,21H,12H2,1-4H3. The van der Waals surface area contributed by atoms with Crippen LogP contribution in [-0.4, -0.2) is 7.05 Å². The third kappa shape index (κ3) is 3.92. The summed E-state index contributed by atoms with van der Waals surface area (Å²) in [4.78, 5) is 0. The largest absolute Gasteiger partial charge is 0.313 e. The molecule has 2 heteroatoms. The van der Waals surface area contributed by atoms with E-state index in [1.54, 1.807) is 6.07 Å². The van der Waals surface area contributed by atoms with Crippen LogP contribution in [0.1, 0.15) is 48.1 Å². The molecule has 0 aromatic heterocycles. The quantitative estimate of drug-likeness (QED) is 0.835. The molecule has 1 N–H and O–H groups in total. The van der Waals surface area contributed by atoms with Crippen molar-refractivity contribution in [1.82, 2.24) is 5.32 Å². The van der Waals surface area contributed by atoms with Crippen molar-refractivity contribution >= 4 is 0 Å². The van der Waals surface area contributed by atoms with Crippen LogP contribution < -0.4 is 5.32 Å². The summed E-state index contributed by atoms with van der Waals surface area (Å²) in [6, 6.07) is 14.1. The third-order valence-electron chi connectivity index (χ3n) is 3.97. The molecular formula is C19H24FN. The Kier molecular flexibility index (Phi) is 5.13. The van der Waals surface area contributed by atoms with Crippen molar-refractivity contribution in [3.8, 4) is 0 Å². The molecule has 0 aliphatic rings. The Morgan fingerprint density at radius 2 is 1.71 bits per heavy atom. The van der Waals surface area contributed by atoms with E-state index in [1.165, 1.54) is 11.1 Å². The maximum Gasteiger partial charge on any atom is 0.128 e. The Balaban J connectivity index is 2.18. The molecule has 2 aromatic rings. The normalized spacial score (nSPS) is 12.7. The first-order chi connectivity index (χ1) is 10.0. The first-order valence-corrected chi connectivity index (χ1v) is 7.53. The lowest BCUT2D eigenvalue weighted by molar-refractivity contribution is 0.533. The molecule has 21 heavy (non-hydrogen) atoms. The molecule has 0 spiro atoms. The van der Waals surface area contributed by atoms with E-state index < -0.39 is 0 Å². The van der Waals surface area contributed by atoms with Crippen LogP contribution in [0.2, 0.25) is 0 Å². The highest BCUT2D eigenvalue weighted by Gasteiger charge is 2.14. The minimum Gasteiger partial charge on any atom is -0.313 e. The van der Waals surface area contributed by atoms with E-state index in [0.29, 0.717) is 5.92 Å². The van der Waals surface area contributed by atoms with E-state index in [0.717, 1.165) is 17.5 Å². The van der Waals surface area contributed by atoms with Crippen LogP contribution in [0.15, 0.2) is 42.5 Å². The summed E-state index contributed by atoms with van der Waals surface area (Å²) >= 11 is 0. The second kappa shape index (κ2) is 6.86. The van der Waals surface area contributed by atoms with E-state index in [4.69, 9.17) is 0 Å². The molecule has 2 aromatic carbocycles. The van der Waals surface area contributed by atoms with Crippen molar-refractivity contribution in [2.45, 2.75) is 39.2 Å². The second-order valence-corrected chi connectivity index (χ2v) is 5.97. The summed E-state index contributed by atoms with van der Waals surface area (Å²) in [7, 11) is 1.88. The van der Waals surface area contributed by atoms with Gasteiger partial charge in [-0.15, -0.1) is 0 Å². The molecular weight excluding hydrogens is 261 g/mol. The monoisotopic (exact) mass is 285 g/mol. The smallest absolute Gasteiger partial charge is 0.128 e. The Bertz CT molecular complexity index is 587. The fourth-order valence-electron chi connectivity index (χ4n) is 2.56. The van der Waals surface area contributed by atoms with E-state index in [-0.39, 0.29) is 11.9 Å². The van der Waals surface area contributed by atoms with Gasteiger partial charge < -0.3 is 5.32 Å². The number of hydrogen-bond acceptors (Lipinski definition) is 1. The highest BCUT2D eigenvalue weighted by atomic mass is 19.1. The summed E-state index contributed by atoms with van der Waals surface area (Å²) < 4.78 is 14.1. The van der Waals surface area contributed by atoms with Crippen molar-refractivity contribution in [2.75, 3.05) is 7.05 Å². The zero-order valence-electron chi connectivity index (χ0n) is 13.3. The number of aryl methyl sites for hydroxylation is 1. The van der Waals surface area contributed by atoms with Gasteiger partial charge in [-0.1, -0.05) is 50.2 Å². The number of halogens is 1. The second-order valence-electron chi connectivity index (χ2n) is 5.97. The molecule has 0 radical (unpaired) electrons. The van der Waals surface area contributed by atoms with Gasteiger partial charge in [0.2, 0.25) is 0 Å². The van der Waals surface area contributed by atoms with Crippen LogP contribution >= 0.6 is 0 Å². The summed E-state index contributed by atoms with van der Waals surface area (Å²) in [6.45, 7) is 6.28. The average Bonchev–Trinajstić information content (AvgIpc) is 2.46. The van der Waals surface area contributed by atoms with Crippen LogP contribution in [0.5, 0.6) is 0 Å². The van der Waals surface area contributed by atoms with Crippen LogP contribution in [0, 0.1) is 12.7 Å². The molecule has 1 nitrogen and oxygen atoms in total. The third-order valence-corrected chi connectivity index (χ3v) is 3.97. The van der Waals surface area contributed by atoms with Gasteiger partial charge in [0.1, 0.15) is 5.82 Å². The van der Waals surface area contributed by atoms with E-state index >= 15 is 0 Å². The van der Waals surface area contributed by atoms with Gasteiger partial charge in [0.15, 0.2) is 0 Å². The highest BCUT2D eigenvalue weighted by Crippen LogP contribution is 2.23. The topological polar surface area (TPSA) is 12.0 Å². The van der Waals surface area contributed by atoms with Crippen LogP contribution in [-0.2, 0) is 6.42 Å². The van der Waals surface area contributed by atoms with Crippen LogP contribution in [0.25, 0.3) is 0 Å². The Morgan fingerprint density at radius 1 is 1.05 bits per heavy atom. The Morgan fingerprint density at radius 3 is 2.24 bits per heavy atom. The SMILES string of the molecule is CNC(Cc1ccc(C(C)C)cc1)c1ccc(C)cc1F. The fraction of sp³-hybridized carbons (Fsp3) is 0.368. The van der Waals surface area contributed by atoms with Gasteiger partial charge in [0.25, 0.3) is 0 Å². The molecule has 0 aliphatic carbocycles. The maximum absolute atomic E-state index is 14.1. The zero-order valence-corrected chi connectivity index (χ0v) is 13.3. The lowest BCUT2D eigenvalue weighted by atomic mass is 9.95. The van der Waals surface area contributed by atoms with Crippen molar-refractivity contribution in [3.05, 3.63) is 70.5 Å². The minimum atomic E-state index is -0.131. The van der Waals surface area contributed by atoms with E-state index in [9.17, 15) is 4.39 Å². The molecule has 0 aliphatic heterocycles. The molecule has 0 amide bonds. The Labute approximate surface area is 127 Å². The molecule has 1 atom stereocenters. The molecule has 0 saturated carbocycles.